The molecular formula is C20H32N4O3. The number of urea groups is 1. The molecule has 0 atom stereocenters. The van der Waals surface area contributed by atoms with Gasteiger partial charge < -0.3 is 10.2 Å². The average Bonchev–Trinajstić information content (AvgIpc) is 3.28. The lowest BCUT2D eigenvalue weighted by molar-refractivity contribution is -0.140. The largest absolute Gasteiger partial charge is 0.339 e. The Morgan fingerprint density at radius 3 is 2.30 bits per heavy atom. The van der Waals surface area contributed by atoms with E-state index in [-0.39, 0.29) is 18.4 Å². The predicted molar refractivity (Wildman–Crippen MR) is 101 cm³/mol. The summed E-state index contributed by atoms with van der Waals surface area (Å²) >= 11 is 0. The van der Waals surface area contributed by atoms with Gasteiger partial charge in [0.15, 0.2) is 0 Å². The summed E-state index contributed by atoms with van der Waals surface area (Å²) < 4.78 is 0. The Hall–Kier alpha value is -1.63. The average molecular weight is 377 g/mol. The van der Waals surface area contributed by atoms with E-state index in [0.717, 1.165) is 30.8 Å². The molecule has 1 N–H and O–H groups in total. The van der Waals surface area contributed by atoms with Crippen molar-refractivity contribution in [2.75, 3.05) is 32.7 Å². The summed E-state index contributed by atoms with van der Waals surface area (Å²) in [7, 11) is 0. The van der Waals surface area contributed by atoms with Crippen LogP contribution in [0.1, 0.15) is 58.3 Å². The van der Waals surface area contributed by atoms with E-state index in [0.29, 0.717) is 37.9 Å². The van der Waals surface area contributed by atoms with Gasteiger partial charge in [-0.1, -0.05) is 19.8 Å². The molecule has 4 rings (SSSR count). The molecule has 7 heteroatoms. The zero-order valence-corrected chi connectivity index (χ0v) is 16.4. The third-order valence-electron chi connectivity index (χ3n) is 7.18. The summed E-state index contributed by atoms with van der Waals surface area (Å²) in [5.41, 5.74) is -0.759. The molecule has 150 valence electrons. The fraction of sp³-hybridized carbons (Fsp3) is 0.850. The fourth-order valence-corrected chi connectivity index (χ4v) is 5.25. The van der Waals surface area contributed by atoms with Crippen LogP contribution < -0.4 is 5.32 Å². The van der Waals surface area contributed by atoms with Crippen LogP contribution in [0.15, 0.2) is 0 Å². The zero-order chi connectivity index (χ0) is 19.0. The molecule has 0 aromatic heterocycles. The number of rotatable bonds is 3. The lowest BCUT2D eigenvalue weighted by atomic mass is 9.77. The van der Waals surface area contributed by atoms with Crippen molar-refractivity contribution in [1.82, 2.24) is 20.0 Å². The summed E-state index contributed by atoms with van der Waals surface area (Å²) in [5, 5.41) is 2.90. The van der Waals surface area contributed by atoms with Crippen LogP contribution in [0.3, 0.4) is 0 Å². The van der Waals surface area contributed by atoms with Crippen LogP contribution in [0.4, 0.5) is 4.79 Å². The number of carbonyl (C=O) groups excluding carboxylic acids is 3. The van der Waals surface area contributed by atoms with Gasteiger partial charge in [-0.25, -0.2) is 4.79 Å². The minimum absolute atomic E-state index is 0.106. The number of amides is 4. The van der Waals surface area contributed by atoms with E-state index in [4.69, 9.17) is 0 Å². The van der Waals surface area contributed by atoms with Crippen LogP contribution in [-0.4, -0.2) is 76.8 Å². The van der Waals surface area contributed by atoms with Gasteiger partial charge in [0.25, 0.3) is 5.91 Å². The maximum Gasteiger partial charge on any atom is 0.325 e. The number of nitrogens with one attached hydrogen (secondary N) is 1. The van der Waals surface area contributed by atoms with E-state index in [1.165, 1.54) is 25.7 Å². The van der Waals surface area contributed by atoms with Crippen LogP contribution in [0, 0.1) is 5.92 Å². The van der Waals surface area contributed by atoms with Crippen molar-refractivity contribution >= 4 is 17.8 Å². The first kappa shape index (κ1) is 18.7. The van der Waals surface area contributed by atoms with Crippen molar-refractivity contribution in [1.29, 1.82) is 0 Å². The molecular weight excluding hydrogens is 344 g/mol. The van der Waals surface area contributed by atoms with E-state index in [9.17, 15) is 14.4 Å². The smallest absolute Gasteiger partial charge is 0.325 e. The minimum Gasteiger partial charge on any atom is -0.339 e. The van der Waals surface area contributed by atoms with Crippen LogP contribution >= 0.6 is 0 Å². The van der Waals surface area contributed by atoms with Crippen LogP contribution in [0.2, 0.25) is 0 Å². The van der Waals surface area contributed by atoms with Gasteiger partial charge >= 0.3 is 6.03 Å². The fourth-order valence-electron chi connectivity index (χ4n) is 5.25. The number of hydrogen-bond donors (Lipinski definition) is 1. The Bertz CT molecular complexity index is 600. The number of nitrogens with zero attached hydrogens (tertiary/aromatic N) is 3. The molecule has 2 aliphatic carbocycles. The third-order valence-corrected chi connectivity index (χ3v) is 7.18. The van der Waals surface area contributed by atoms with Crippen molar-refractivity contribution in [2.45, 2.75) is 69.9 Å². The second-order valence-electron chi connectivity index (χ2n) is 8.94. The number of carbonyl (C=O) groups is 3. The van der Waals surface area contributed by atoms with Gasteiger partial charge in [0.05, 0.1) is 0 Å². The molecule has 4 fully saturated rings. The molecule has 2 heterocycles. The normalized spacial score (nSPS) is 33.1. The first-order valence-electron chi connectivity index (χ1n) is 10.6. The van der Waals surface area contributed by atoms with Gasteiger partial charge in [-0.3, -0.25) is 19.4 Å². The molecule has 0 radical (unpaired) electrons. The molecule has 0 bridgehead atoms. The Kier molecular flexibility index (Phi) is 5.14. The first-order valence-corrected chi connectivity index (χ1v) is 10.6. The quantitative estimate of drug-likeness (QED) is 0.759. The van der Waals surface area contributed by atoms with E-state index < -0.39 is 11.6 Å². The zero-order valence-electron chi connectivity index (χ0n) is 16.4. The Morgan fingerprint density at radius 1 is 1.04 bits per heavy atom. The first-order chi connectivity index (χ1) is 13.0. The van der Waals surface area contributed by atoms with E-state index >= 15 is 0 Å². The van der Waals surface area contributed by atoms with E-state index in [1.54, 1.807) is 0 Å². The number of imide groups is 1. The molecule has 27 heavy (non-hydrogen) atoms. The lowest BCUT2D eigenvalue weighted by Crippen LogP contribution is -2.54. The second-order valence-corrected chi connectivity index (χ2v) is 8.94. The molecule has 2 saturated carbocycles. The van der Waals surface area contributed by atoms with Crippen LogP contribution in [0.25, 0.3) is 0 Å². The Morgan fingerprint density at radius 2 is 1.67 bits per heavy atom. The summed E-state index contributed by atoms with van der Waals surface area (Å²) in [4.78, 5) is 43.5. The van der Waals surface area contributed by atoms with Crippen molar-refractivity contribution in [2.24, 2.45) is 5.92 Å². The summed E-state index contributed by atoms with van der Waals surface area (Å²) in [6.45, 7) is 5.26. The monoisotopic (exact) mass is 376 g/mol. The van der Waals surface area contributed by atoms with Gasteiger partial charge in [0.2, 0.25) is 5.91 Å². The highest BCUT2D eigenvalue weighted by molar-refractivity contribution is 6.09. The molecule has 2 saturated heterocycles. The van der Waals surface area contributed by atoms with Gasteiger partial charge in [-0.2, -0.15) is 0 Å². The third kappa shape index (κ3) is 3.58. The SMILES string of the molecule is CC1CCC2(CC1)NC(=O)N(CC(=O)N1CCN(C3CCCC3)CC1)C2=O. The minimum atomic E-state index is -0.759. The summed E-state index contributed by atoms with van der Waals surface area (Å²) in [6, 6.07) is 0.286. The number of piperazine rings is 1. The predicted octanol–water partition coefficient (Wildman–Crippen LogP) is 1.57. The topological polar surface area (TPSA) is 73.0 Å². The maximum atomic E-state index is 12.9. The van der Waals surface area contributed by atoms with Gasteiger partial charge in [-0.15, -0.1) is 0 Å². The van der Waals surface area contributed by atoms with Crippen molar-refractivity contribution in [3.05, 3.63) is 0 Å². The molecule has 1 spiro atoms. The molecule has 0 aromatic carbocycles. The van der Waals surface area contributed by atoms with Gasteiger partial charge in [-0.05, 0) is 44.4 Å². The molecule has 0 aromatic rings. The summed E-state index contributed by atoms with van der Waals surface area (Å²) in [5.74, 6) is 0.287. The Labute approximate surface area is 161 Å². The highest BCUT2D eigenvalue weighted by Crippen LogP contribution is 2.36. The van der Waals surface area contributed by atoms with E-state index in [2.05, 4.69) is 17.1 Å². The van der Waals surface area contributed by atoms with Crippen molar-refractivity contribution in [3.8, 4) is 0 Å². The van der Waals surface area contributed by atoms with Crippen molar-refractivity contribution < 1.29 is 14.4 Å². The standard InChI is InChI=1S/C20H32N4O3/c1-15-6-8-20(9-7-15)18(26)24(19(27)21-20)14-17(25)23-12-10-22(11-13-23)16-4-2-3-5-16/h15-16H,2-14H2,1H3,(H,21,27). The lowest BCUT2D eigenvalue weighted by Gasteiger charge is -2.38. The molecule has 2 aliphatic heterocycles. The van der Waals surface area contributed by atoms with Crippen molar-refractivity contribution in [3.63, 3.8) is 0 Å². The van der Waals surface area contributed by atoms with Gasteiger partial charge in [0, 0.05) is 32.2 Å². The molecule has 4 aliphatic rings. The Balaban J connectivity index is 1.32. The molecule has 7 nitrogen and oxygen atoms in total. The molecule has 0 unspecified atom stereocenters. The van der Waals surface area contributed by atoms with Crippen LogP contribution in [-0.2, 0) is 9.59 Å². The summed E-state index contributed by atoms with van der Waals surface area (Å²) in [6.07, 6.45) is 8.43. The van der Waals surface area contributed by atoms with Crippen LogP contribution in [0.5, 0.6) is 0 Å². The highest BCUT2D eigenvalue weighted by atomic mass is 16.2. The second kappa shape index (κ2) is 7.41. The highest BCUT2D eigenvalue weighted by Gasteiger charge is 2.52. The maximum absolute atomic E-state index is 12.9. The van der Waals surface area contributed by atoms with Gasteiger partial charge in [0.1, 0.15) is 12.1 Å². The molecule has 4 amide bonds. The van der Waals surface area contributed by atoms with E-state index in [1.807, 2.05) is 4.90 Å². The number of hydrogen-bond acceptors (Lipinski definition) is 4.